The van der Waals surface area contributed by atoms with Gasteiger partial charge in [-0.3, -0.25) is 4.79 Å². The van der Waals surface area contributed by atoms with Crippen molar-refractivity contribution in [2.75, 3.05) is 0 Å². The van der Waals surface area contributed by atoms with Gasteiger partial charge in [0.1, 0.15) is 0 Å². The molecule has 0 saturated heterocycles. The molecule has 1 aromatic rings. The molecule has 1 aromatic carbocycles. The molecule has 0 spiro atoms. The molecule has 0 aliphatic carbocycles. The third-order valence-corrected chi connectivity index (χ3v) is 1.58. The van der Waals surface area contributed by atoms with E-state index in [1.807, 2.05) is 0 Å². The molecule has 0 bridgehead atoms. The number of hydrogen-bond donors (Lipinski definition) is 0. The molecule has 0 saturated carbocycles. The van der Waals surface area contributed by atoms with E-state index in [9.17, 15) is 4.79 Å². The minimum Gasteiger partial charge on any atom is -0.341 e. The van der Waals surface area contributed by atoms with E-state index < -0.39 is 5.24 Å². The van der Waals surface area contributed by atoms with E-state index in [0.29, 0.717) is 12.0 Å². The fourth-order valence-electron chi connectivity index (χ4n) is 0.783. The van der Waals surface area contributed by atoms with Crippen LogP contribution in [0, 0.1) is 13.0 Å². The molecule has 1 nitrogen and oxygen atoms in total. The Bertz CT molecular complexity index is 273. The SMILES string of the molecule is [CH2-]Cc1[c-]ccc(C(=O)Cl)c1.[Y]. The fraction of sp³-hybridized carbons (Fsp3) is 0.111. The van der Waals surface area contributed by atoms with Crippen molar-refractivity contribution in [3.63, 3.8) is 0 Å². The van der Waals surface area contributed by atoms with Gasteiger partial charge in [-0.05, 0) is 11.6 Å². The summed E-state index contributed by atoms with van der Waals surface area (Å²) in [4.78, 5) is 10.6. The molecule has 12 heavy (non-hydrogen) atoms. The largest absolute Gasteiger partial charge is 0.341 e. The quantitative estimate of drug-likeness (QED) is 0.585. The minimum atomic E-state index is -0.436. The smallest absolute Gasteiger partial charge is 0.228 e. The van der Waals surface area contributed by atoms with E-state index in [1.54, 1.807) is 18.2 Å². The first kappa shape index (κ1) is 12.3. The molecular weight excluding hydrogens is 248 g/mol. The van der Waals surface area contributed by atoms with Gasteiger partial charge >= 0.3 is 0 Å². The third-order valence-electron chi connectivity index (χ3n) is 1.36. The van der Waals surface area contributed by atoms with Gasteiger partial charge in [0.25, 0.3) is 0 Å². The van der Waals surface area contributed by atoms with Crippen molar-refractivity contribution in [1.82, 2.24) is 0 Å². The molecule has 0 unspecified atom stereocenters. The Hall–Kier alpha value is 0.284. The summed E-state index contributed by atoms with van der Waals surface area (Å²) in [6, 6.07) is 7.95. The number of hydrogen-bond acceptors (Lipinski definition) is 1. The minimum absolute atomic E-state index is 0. The van der Waals surface area contributed by atoms with Gasteiger partial charge in [0, 0.05) is 32.7 Å². The third kappa shape index (κ3) is 3.34. The number of rotatable bonds is 2. The Morgan fingerprint density at radius 1 is 1.67 bits per heavy atom. The first-order valence-corrected chi connectivity index (χ1v) is 3.61. The van der Waals surface area contributed by atoms with Crippen LogP contribution in [-0.4, -0.2) is 5.24 Å². The van der Waals surface area contributed by atoms with Crippen molar-refractivity contribution in [1.29, 1.82) is 0 Å². The van der Waals surface area contributed by atoms with E-state index in [1.165, 1.54) is 0 Å². The maximum atomic E-state index is 10.6. The van der Waals surface area contributed by atoms with Crippen LogP contribution in [0.4, 0.5) is 0 Å². The van der Waals surface area contributed by atoms with Crippen molar-refractivity contribution in [2.24, 2.45) is 0 Å². The van der Waals surface area contributed by atoms with E-state index >= 15 is 0 Å². The maximum Gasteiger partial charge on any atom is 0.228 e. The van der Waals surface area contributed by atoms with Crippen LogP contribution in [0.1, 0.15) is 15.9 Å². The zero-order valence-electron chi connectivity index (χ0n) is 6.51. The van der Waals surface area contributed by atoms with Crippen LogP contribution in [0.5, 0.6) is 0 Å². The normalized spacial score (nSPS) is 8.83. The van der Waals surface area contributed by atoms with Crippen molar-refractivity contribution < 1.29 is 37.5 Å². The summed E-state index contributed by atoms with van der Waals surface area (Å²) in [5.74, 6) is 0. The van der Waals surface area contributed by atoms with Gasteiger partial charge in [-0.1, -0.05) is 5.56 Å². The van der Waals surface area contributed by atoms with Crippen molar-refractivity contribution in [3.05, 3.63) is 42.3 Å². The number of benzene rings is 1. The zero-order chi connectivity index (χ0) is 8.27. The summed E-state index contributed by atoms with van der Waals surface area (Å²) < 4.78 is 0. The van der Waals surface area contributed by atoms with Gasteiger partial charge in [-0.15, -0.1) is 0 Å². The van der Waals surface area contributed by atoms with Gasteiger partial charge in [0.05, 0.1) is 0 Å². The Morgan fingerprint density at radius 2 is 2.33 bits per heavy atom. The molecule has 0 atom stereocenters. The van der Waals surface area contributed by atoms with Crippen LogP contribution in [0.15, 0.2) is 18.2 Å². The molecule has 3 heteroatoms. The first-order chi connectivity index (χ1) is 5.24. The average Bonchev–Trinajstić information content (AvgIpc) is 2.05. The predicted molar refractivity (Wildman–Crippen MR) is 44.5 cm³/mol. The molecule has 0 aliphatic rings. The Labute approximate surface area is 102 Å². The molecule has 1 radical (unpaired) electrons. The zero-order valence-corrected chi connectivity index (χ0v) is 10.1. The van der Waals surface area contributed by atoms with Gasteiger partial charge in [-0.25, -0.2) is 0 Å². The second-order valence-corrected chi connectivity index (χ2v) is 2.47. The van der Waals surface area contributed by atoms with Crippen LogP contribution >= 0.6 is 11.6 Å². The van der Waals surface area contributed by atoms with Crippen molar-refractivity contribution >= 4 is 16.8 Å². The van der Waals surface area contributed by atoms with E-state index in [2.05, 4.69) is 13.0 Å². The molecular formula is C9H7ClOY-2. The summed E-state index contributed by atoms with van der Waals surface area (Å²) in [6.07, 6.45) is 0.623. The molecule has 61 valence electrons. The standard InChI is InChI=1S/C9H7ClO.Y/c1-2-7-4-3-5-8(6-7)9(10)11;/h3,5-6H,1-2H2;/q-2;. The molecule has 0 N–H and O–H groups in total. The second kappa shape index (κ2) is 5.85. The van der Waals surface area contributed by atoms with E-state index in [4.69, 9.17) is 11.6 Å². The van der Waals surface area contributed by atoms with Crippen LogP contribution in [-0.2, 0) is 39.1 Å². The summed E-state index contributed by atoms with van der Waals surface area (Å²) in [5.41, 5.74) is 1.40. The summed E-state index contributed by atoms with van der Waals surface area (Å²) in [5, 5.41) is -0.436. The van der Waals surface area contributed by atoms with Crippen LogP contribution in [0.3, 0.4) is 0 Å². The van der Waals surface area contributed by atoms with Crippen molar-refractivity contribution in [3.8, 4) is 0 Å². The predicted octanol–water partition coefficient (Wildman–Crippen LogP) is 2.24. The van der Waals surface area contributed by atoms with Crippen LogP contribution < -0.4 is 0 Å². The van der Waals surface area contributed by atoms with E-state index in [0.717, 1.165) is 5.56 Å². The summed E-state index contributed by atoms with van der Waals surface area (Å²) in [7, 11) is 0. The fourth-order valence-corrected chi connectivity index (χ4v) is 0.900. The van der Waals surface area contributed by atoms with Crippen molar-refractivity contribution in [2.45, 2.75) is 6.42 Å². The number of carbonyl (C=O) groups is 1. The molecule has 1 rings (SSSR count). The van der Waals surface area contributed by atoms with Gasteiger partial charge in [0.2, 0.25) is 5.24 Å². The van der Waals surface area contributed by atoms with Gasteiger partial charge < -0.3 is 6.92 Å². The summed E-state index contributed by atoms with van der Waals surface area (Å²) in [6.45, 7) is 3.67. The van der Waals surface area contributed by atoms with Crippen LogP contribution in [0.2, 0.25) is 0 Å². The Morgan fingerprint density at radius 3 is 2.83 bits per heavy atom. The first-order valence-electron chi connectivity index (χ1n) is 3.23. The molecule has 0 fully saturated rings. The van der Waals surface area contributed by atoms with Crippen LogP contribution in [0.25, 0.3) is 0 Å². The second-order valence-electron chi connectivity index (χ2n) is 2.13. The maximum absolute atomic E-state index is 10.6. The Balaban J connectivity index is 0.00000121. The molecule has 0 amide bonds. The van der Waals surface area contributed by atoms with E-state index in [-0.39, 0.29) is 32.7 Å². The topological polar surface area (TPSA) is 17.1 Å². The van der Waals surface area contributed by atoms with Gasteiger partial charge in [0.15, 0.2) is 0 Å². The molecule has 0 heterocycles. The number of halogens is 1. The average molecular weight is 256 g/mol. The monoisotopic (exact) mass is 255 g/mol. The van der Waals surface area contributed by atoms with Gasteiger partial charge in [-0.2, -0.15) is 36.2 Å². The Kier molecular flexibility index (Phi) is 5.99. The number of carbonyl (C=O) groups excluding carboxylic acids is 1. The molecule has 0 aromatic heterocycles. The molecule has 0 aliphatic heterocycles. The summed E-state index contributed by atoms with van der Waals surface area (Å²) >= 11 is 5.26.